The minimum absolute atomic E-state index is 0.108. The molecule has 1 unspecified atom stereocenters. The van der Waals surface area contributed by atoms with Gasteiger partial charge in [-0.3, -0.25) is 4.90 Å². The van der Waals surface area contributed by atoms with Crippen LogP contribution < -0.4 is 4.90 Å². The molecule has 124 valence electrons. The molecule has 4 saturated heterocycles. The number of hydrogen-bond donors (Lipinski definition) is 0. The van der Waals surface area contributed by atoms with E-state index in [4.69, 9.17) is 4.74 Å². The van der Waals surface area contributed by atoms with Gasteiger partial charge < -0.3 is 14.5 Å². The molecule has 2 bridgehead atoms. The van der Waals surface area contributed by atoms with Crippen molar-refractivity contribution in [1.29, 1.82) is 0 Å². The van der Waals surface area contributed by atoms with Crippen molar-refractivity contribution < 1.29 is 9.53 Å². The second kappa shape index (κ2) is 6.40. The standard InChI is InChI=1S/C18H25N3O2/c22-18(23-17-14-19-8-6-15(17)7-9-19)21-12-10-20(11-13-21)16-4-2-1-3-5-16/h1-5,15,17H,6-14H2. The highest BCUT2D eigenvalue weighted by Gasteiger charge is 2.37. The van der Waals surface area contributed by atoms with E-state index in [1.165, 1.54) is 31.6 Å². The second-order valence-corrected chi connectivity index (χ2v) is 6.87. The molecule has 23 heavy (non-hydrogen) atoms. The lowest BCUT2D eigenvalue weighted by Crippen LogP contribution is -2.54. The molecule has 0 saturated carbocycles. The number of ether oxygens (including phenoxy) is 1. The molecular formula is C18H25N3O2. The fourth-order valence-electron chi connectivity index (χ4n) is 4.03. The number of nitrogens with zero attached hydrogens (tertiary/aromatic N) is 3. The first-order chi connectivity index (χ1) is 11.3. The number of hydrogen-bond acceptors (Lipinski definition) is 4. The van der Waals surface area contributed by atoms with E-state index < -0.39 is 0 Å². The summed E-state index contributed by atoms with van der Waals surface area (Å²) in [4.78, 5) is 19.1. The summed E-state index contributed by atoms with van der Waals surface area (Å²) in [5, 5.41) is 0. The molecule has 4 fully saturated rings. The van der Waals surface area contributed by atoms with Crippen molar-refractivity contribution in [2.45, 2.75) is 18.9 Å². The molecule has 1 aromatic carbocycles. The Morgan fingerprint density at radius 3 is 2.26 bits per heavy atom. The smallest absolute Gasteiger partial charge is 0.410 e. The van der Waals surface area contributed by atoms with Gasteiger partial charge in [-0.25, -0.2) is 4.79 Å². The lowest BCUT2D eigenvalue weighted by molar-refractivity contribution is -0.0439. The van der Waals surface area contributed by atoms with E-state index in [0.717, 1.165) is 32.7 Å². The Bertz CT molecular complexity index is 534. The predicted octanol–water partition coefficient (Wildman–Crippen LogP) is 2.04. The predicted molar refractivity (Wildman–Crippen MR) is 89.7 cm³/mol. The molecule has 4 aliphatic rings. The van der Waals surface area contributed by atoms with Crippen molar-refractivity contribution >= 4 is 11.8 Å². The normalized spacial score (nSPS) is 30.3. The third-order valence-corrected chi connectivity index (χ3v) is 5.51. The monoisotopic (exact) mass is 315 g/mol. The van der Waals surface area contributed by atoms with E-state index in [-0.39, 0.29) is 12.2 Å². The van der Waals surface area contributed by atoms with E-state index in [2.05, 4.69) is 34.1 Å². The largest absolute Gasteiger partial charge is 0.444 e. The number of benzene rings is 1. The molecule has 1 atom stereocenters. The molecule has 0 spiro atoms. The molecule has 4 heterocycles. The Morgan fingerprint density at radius 1 is 0.957 bits per heavy atom. The van der Waals surface area contributed by atoms with Crippen LogP contribution in [0.15, 0.2) is 30.3 Å². The summed E-state index contributed by atoms with van der Waals surface area (Å²) < 4.78 is 5.83. The highest BCUT2D eigenvalue weighted by Crippen LogP contribution is 2.30. The number of amides is 1. The Kier molecular flexibility index (Phi) is 4.12. The molecule has 0 radical (unpaired) electrons. The Morgan fingerprint density at radius 2 is 1.65 bits per heavy atom. The Balaban J connectivity index is 1.29. The van der Waals surface area contributed by atoms with Crippen LogP contribution in [0.4, 0.5) is 10.5 Å². The third-order valence-electron chi connectivity index (χ3n) is 5.51. The van der Waals surface area contributed by atoms with Gasteiger partial charge in [0.2, 0.25) is 0 Å². The molecule has 5 heteroatoms. The molecule has 4 aliphatic heterocycles. The first kappa shape index (κ1) is 14.8. The number of para-hydroxylation sites is 1. The molecule has 5 rings (SSSR count). The van der Waals surface area contributed by atoms with Gasteiger partial charge in [-0.05, 0) is 44.0 Å². The average molecular weight is 315 g/mol. The van der Waals surface area contributed by atoms with Crippen molar-refractivity contribution in [3.8, 4) is 0 Å². The number of piperazine rings is 1. The maximum absolute atomic E-state index is 12.5. The van der Waals surface area contributed by atoms with Gasteiger partial charge in [-0.2, -0.15) is 0 Å². The van der Waals surface area contributed by atoms with Crippen molar-refractivity contribution in [3.05, 3.63) is 30.3 Å². The Hall–Kier alpha value is -1.75. The summed E-state index contributed by atoms with van der Waals surface area (Å²) in [5.41, 5.74) is 1.23. The van der Waals surface area contributed by atoms with Crippen LogP contribution in [0.3, 0.4) is 0 Å². The zero-order valence-corrected chi connectivity index (χ0v) is 13.6. The lowest BCUT2D eigenvalue weighted by Gasteiger charge is -2.44. The number of rotatable bonds is 2. The van der Waals surface area contributed by atoms with Crippen molar-refractivity contribution in [2.75, 3.05) is 50.7 Å². The van der Waals surface area contributed by atoms with Crippen LogP contribution in [0, 0.1) is 5.92 Å². The summed E-state index contributed by atoms with van der Waals surface area (Å²) in [6.07, 6.45) is 2.35. The maximum atomic E-state index is 12.5. The van der Waals surface area contributed by atoms with E-state index >= 15 is 0 Å². The molecule has 1 aromatic rings. The molecule has 0 N–H and O–H groups in total. The van der Waals surface area contributed by atoms with Crippen LogP contribution in [0.2, 0.25) is 0 Å². The third kappa shape index (κ3) is 3.15. The van der Waals surface area contributed by atoms with Gasteiger partial charge in [0.15, 0.2) is 0 Å². The van der Waals surface area contributed by atoms with Crippen LogP contribution in [-0.4, -0.2) is 67.8 Å². The lowest BCUT2D eigenvalue weighted by atomic mass is 9.86. The van der Waals surface area contributed by atoms with Crippen molar-refractivity contribution in [2.24, 2.45) is 5.92 Å². The van der Waals surface area contributed by atoms with Gasteiger partial charge in [0.25, 0.3) is 0 Å². The number of carbonyl (C=O) groups excluding carboxylic acids is 1. The topological polar surface area (TPSA) is 36.0 Å². The fourth-order valence-corrected chi connectivity index (χ4v) is 4.03. The number of piperidine rings is 3. The van der Waals surface area contributed by atoms with Crippen LogP contribution in [0.5, 0.6) is 0 Å². The highest BCUT2D eigenvalue weighted by atomic mass is 16.6. The van der Waals surface area contributed by atoms with E-state index in [9.17, 15) is 4.79 Å². The minimum atomic E-state index is -0.114. The SMILES string of the molecule is O=C(OC1CN2CCC1CC2)N1CCN(c2ccccc2)CC1. The number of fused-ring (bicyclic) bond motifs is 3. The molecule has 0 aliphatic carbocycles. The minimum Gasteiger partial charge on any atom is -0.444 e. The fraction of sp³-hybridized carbons (Fsp3) is 0.611. The first-order valence-corrected chi connectivity index (χ1v) is 8.77. The highest BCUT2D eigenvalue weighted by molar-refractivity contribution is 5.68. The van der Waals surface area contributed by atoms with Crippen LogP contribution in [0.25, 0.3) is 0 Å². The molecule has 0 aromatic heterocycles. The van der Waals surface area contributed by atoms with Gasteiger partial charge in [-0.15, -0.1) is 0 Å². The molecule has 1 amide bonds. The Labute approximate surface area is 137 Å². The second-order valence-electron chi connectivity index (χ2n) is 6.87. The number of carbonyl (C=O) groups is 1. The zero-order valence-electron chi connectivity index (χ0n) is 13.6. The van der Waals surface area contributed by atoms with E-state index in [0.29, 0.717) is 5.92 Å². The van der Waals surface area contributed by atoms with Gasteiger partial charge >= 0.3 is 6.09 Å². The van der Waals surface area contributed by atoms with Crippen molar-refractivity contribution in [1.82, 2.24) is 9.80 Å². The van der Waals surface area contributed by atoms with Gasteiger partial charge in [0.1, 0.15) is 6.10 Å². The van der Waals surface area contributed by atoms with Crippen LogP contribution in [-0.2, 0) is 4.74 Å². The summed E-state index contributed by atoms with van der Waals surface area (Å²) in [7, 11) is 0. The molecule has 5 nitrogen and oxygen atoms in total. The van der Waals surface area contributed by atoms with Gasteiger partial charge in [0.05, 0.1) is 0 Å². The maximum Gasteiger partial charge on any atom is 0.410 e. The van der Waals surface area contributed by atoms with Gasteiger partial charge in [0, 0.05) is 38.4 Å². The first-order valence-electron chi connectivity index (χ1n) is 8.77. The summed E-state index contributed by atoms with van der Waals surface area (Å²) in [5.74, 6) is 0.578. The zero-order chi connectivity index (χ0) is 15.6. The summed E-state index contributed by atoms with van der Waals surface area (Å²) in [6, 6.07) is 10.4. The van der Waals surface area contributed by atoms with Gasteiger partial charge in [-0.1, -0.05) is 18.2 Å². The van der Waals surface area contributed by atoms with E-state index in [1.807, 2.05) is 11.0 Å². The van der Waals surface area contributed by atoms with Crippen LogP contribution in [0.1, 0.15) is 12.8 Å². The van der Waals surface area contributed by atoms with Crippen molar-refractivity contribution in [3.63, 3.8) is 0 Å². The quantitative estimate of drug-likeness (QED) is 0.837. The van der Waals surface area contributed by atoms with E-state index in [1.54, 1.807) is 0 Å². The number of anilines is 1. The molecular weight excluding hydrogens is 290 g/mol. The summed E-state index contributed by atoms with van der Waals surface area (Å²) in [6.45, 7) is 6.52. The average Bonchev–Trinajstić information content (AvgIpc) is 2.63. The van der Waals surface area contributed by atoms with Crippen LogP contribution >= 0.6 is 0 Å². The summed E-state index contributed by atoms with van der Waals surface area (Å²) >= 11 is 0.